The van der Waals surface area contributed by atoms with Crippen LogP contribution in [0, 0.1) is 0 Å². The van der Waals surface area contributed by atoms with Gasteiger partial charge in [-0.05, 0) is 27.7 Å². The van der Waals surface area contributed by atoms with Gasteiger partial charge in [0.05, 0.1) is 10.1 Å². The van der Waals surface area contributed by atoms with Crippen molar-refractivity contribution in [2.24, 2.45) is 0 Å². The number of ketones is 1. The molecule has 2 aliphatic rings. The lowest BCUT2D eigenvalue weighted by atomic mass is 10.1. The van der Waals surface area contributed by atoms with Crippen molar-refractivity contribution >= 4 is 31.7 Å². The van der Waals surface area contributed by atoms with Crippen molar-refractivity contribution < 1.29 is 26.4 Å². The van der Waals surface area contributed by atoms with E-state index in [0.29, 0.717) is 6.08 Å². The summed E-state index contributed by atoms with van der Waals surface area (Å²) in [6.45, 7) is -0.0706. The zero-order valence-electron chi connectivity index (χ0n) is 10.5. The average molecular weight is 384 g/mol. The minimum absolute atomic E-state index is 0.0353. The topological polar surface area (TPSA) is 54.5 Å². The number of hydrogen-bond donors (Lipinski definition) is 0. The van der Waals surface area contributed by atoms with Crippen LogP contribution in [0.5, 0.6) is 0 Å². The Balaban J connectivity index is 2.40. The summed E-state index contributed by atoms with van der Waals surface area (Å²) in [6, 6.07) is 0. The Bertz CT molecular complexity index is 713. The van der Waals surface area contributed by atoms with E-state index in [1.807, 2.05) is 0 Å². The molecule has 21 heavy (non-hydrogen) atoms. The molecule has 0 atom stereocenters. The van der Waals surface area contributed by atoms with Crippen molar-refractivity contribution in [1.29, 1.82) is 0 Å². The highest BCUT2D eigenvalue weighted by Gasteiger charge is 2.39. The Labute approximate surface area is 127 Å². The van der Waals surface area contributed by atoms with Crippen molar-refractivity contribution in [3.63, 3.8) is 0 Å². The van der Waals surface area contributed by atoms with E-state index in [1.165, 1.54) is 0 Å². The molecule has 0 aromatic carbocycles. The summed E-state index contributed by atoms with van der Waals surface area (Å²) < 4.78 is 63.5. The molecule has 0 radical (unpaired) electrons. The number of sulfonamides is 1. The second-order valence-corrected chi connectivity index (χ2v) is 7.13. The van der Waals surface area contributed by atoms with Crippen molar-refractivity contribution in [2.45, 2.75) is 19.0 Å². The Morgan fingerprint density at radius 2 is 1.76 bits per heavy atom. The fourth-order valence-corrected chi connectivity index (χ4v) is 3.70. The van der Waals surface area contributed by atoms with Crippen molar-refractivity contribution in [3.05, 3.63) is 32.5 Å². The van der Waals surface area contributed by atoms with Crippen molar-refractivity contribution in [1.82, 2.24) is 4.31 Å². The molecule has 1 aliphatic carbocycles. The number of allylic oxidation sites excluding steroid dienone is 3. The van der Waals surface area contributed by atoms with E-state index in [0.717, 1.165) is 4.31 Å². The van der Waals surface area contributed by atoms with Crippen LogP contribution >= 0.6 is 15.9 Å². The third-order valence-electron chi connectivity index (χ3n) is 3.01. The molecule has 0 spiro atoms. The molecule has 1 fully saturated rings. The lowest BCUT2D eigenvalue weighted by molar-refractivity contribution is -0.120. The number of carbonyl (C=O) groups is 1. The van der Waals surface area contributed by atoms with Gasteiger partial charge in [-0.15, -0.1) is 0 Å². The zero-order valence-corrected chi connectivity index (χ0v) is 12.9. The van der Waals surface area contributed by atoms with Crippen LogP contribution in [-0.4, -0.2) is 37.8 Å². The van der Waals surface area contributed by atoms with Crippen LogP contribution in [0.1, 0.15) is 12.8 Å². The smallest absolute Gasteiger partial charge is 0.300 e. The van der Waals surface area contributed by atoms with Crippen LogP contribution in [0.3, 0.4) is 0 Å². The molecule has 4 nitrogen and oxygen atoms in total. The number of piperidine rings is 1. The van der Waals surface area contributed by atoms with E-state index in [4.69, 9.17) is 0 Å². The van der Waals surface area contributed by atoms with Gasteiger partial charge in [0.15, 0.2) is 0 Å². The summed E-state index contributed by atoms with van der Waals surface area (Å²) >= 11 is 2.68. The first-order valence-electron chi connectivity index (χ1n) is 5.85. The van der Waals surface area contributed by atoms with Crippen LogP contribution in [-0.2, 0) is 14.8 Å². The first kappa shape index (κ1) is 16.3. The largest absolute Gasteiger partial charge is 0.418 e. The predicted octanol–water partition coefficient (Wildman–Crippen LogP) is 2.40. The molecule has 1 aliphatic heterocycles. The number of alkyl halides is 3. The third kappa shape index (κ3) is 3.39. The maximum Gasteiger partial charge on any atom is 0.418 e. The fourth-order valence-electron chi connectivity index (χ4n) is 1.87. The highest BCUT2D eigenvalue weighted by atomic mass is 79.9. The molecule has 1 heterocycles. The van der Waals surface area contributed by atoms with Crippen molar-refractivity contribution in [3.8, 4) is 0 Å². The van der Waals surface area contributed by atoms with E-state index >= 15 is 0 Å². The number of halogens is 4. The highest BCUT2D eigenvalue weighted by molar-refractivity contribution is 9.12. The third-order valence-corrected chi connectivity index (χ3v) is 5.46. The molecule has 9 heteroatoms. The monoisotopic (exact) mass is 383 g/mol. The zero-order chi connectivity index (χ0) is 15.8. The quantitative estimate of drug-likeness (QED) is 0.688. The Hall–Kier alpha value is -1.11. The Morgan fingerprint density at radius 1 is 1.19 bits per heavy atom. The molecule has 0 N–H and O–H groups in total. The SMILES string of the molecule is O=C1CCN(S(=O)(=O)C2=C=C=C(Br)C(C(F)(F)F)=C2)CC1. The lowest BCUT2D eigenvalue weighted by Crippen LogP contribution is -2.39. The highest BCUT2D eigenvalue weighted by Crippen LogP contribution is 2.36. The first-order valence-corrected chi connectivity index (χ1v) is 8.08. The summed E-state index contributed by atoms with van der Waals surface area (Å²) in [4.78, 5) is 10.5. The van der Waals surface area contributed by atoms with Crippen LogP contribution in [0.15, 0.2) is 32.5 Å². The molecule has 0 saturated carbocycles. The number of carbonyl (C=O) groups excluding carboxylic acids is 1. The van der Waals surface area contributed by atoms with E-state index in [-0.39, 0.29) is 31.7 Å². The van der Waals surface area contributed by atoms with Crippen LogP contribution in [0.25, 0.3) is 0 Å². The van der Waals surface area contributed by atoms with E-state index < -0.39 is 31.2 Å². The van der Waals surface area contributed by atoms with Gasteiger partial charge in [-0.1, -0.05) is 5.73 Å². The van der Waals surface area contributed by atoms with Gasteiger partial charge in [0.2, 0.25) is 0 Å². The van der Waals surface area contributed by atoms with Gasteiger partial charge < -0.3 is 0 Å². The van der Waals surface area contributed by atoms with E-state index in [1.54, 1.807) is 0 Å². The van der Waals surface area contributed by atoms with E-state index in [9.17, 15) is 26.4 Å². The molecule has 0 aromatic rings. The molecule has 114 valence electrons. The summed E-state index contributed by atoms with van der Waals surface area (Å²) in [5.74, 6) is -0.0659. The minimum Gasteiger partial charge on any atom is -0.300 e. The summed E-state index contributed by atoms with van der Waals surface area (Å²) in [6.07, 6.45) is -4.06. The molecule has 0 aromatic heterocycles. The number of hydrogen-bond acceptors (Lipinski definition) is 3. The lowest BCUT2D eigenvalue weighted by Gasteiger charge is -2.25. The summed E-state index contributed by atoms with van der Waals surface area (Å²) in [5.41, 5.74) is 3.21. The van der Waals surface area contributed by atoms with Crippen LogP contribution in [0.2, 0.25) is 0 Å². The fraction of sp³-hybridized carbons (Fsp3) is 0.417. The number of nitrogens with zero attached hydrogens (tertiary/aromatic N) is 1. The van der Waals surface area contributed by atoms with Gasteiger partial charge in [0.25, 0.3) is 10.0 Å². The maximum atomic E-state index is 12.8. The second kappa shape index (κ2) is 5.59. The molecule has 0 amide bonds. The summed E-state index contributed by atoms with van der Waals surface area (Å²) in [5, 5.41) is 0. The maximum absolute atomic E-state index is 12.8. The first-order chi connectivity index (χ1) is 9.62. The van der Waals surface area contributed by atoms with Gasteiger partial charge in [-0.2, -0.15) is 17.5 Å². The normalized spacial score (nSPS) is 21.0. The van der Waals surface area contributed by atoms with Crippen molar-refractivity contribution in [2.75, 3.05) is 13.1 Å². The van der Waals surface area contributed by atoms with Crippen LogP contribution < -0.4 is 0 Å². The Morgan fingerprint density at radius 3 is 2.29 bits per heavy atom. The predicted molar refractivity (Wildman–Crippen MR) is 71.9 cm³/mol. The van der Waals surface area contributed by atoms with Crippen LogP contribution in [0.4, 0.5) is 13.2 Å². The molecular weight excluding hydrogens is 375 g/mol. The second-order valence-electron chi connectivity index (χ2n) is 4.43. The van der Waals surface area contributed by atoms with Gasteiger partial charge >= 0.3 is 6.18 Å². The van der Waals surface area contributed by atoms with Gasteiger partial charge in [0.1, 0.15) is 10.7 Å². The van der Waals surface area contributed by atoms with Gasteiger partial charge in [-0.25, -0.2) is 8.42 Å². The van der Waals surface area contributed by atoms with E-state index in [2.05, 4.69) is 27.4 Å². The molecule has 0 unspecified atom stereocenters. The average Bonchev–Trinajstić information content (AvgIpc) is 2.38. The molecular formula is C12H9BrF3NO3S. The standard InChI is InChI=1S/C12H9BrF3NO3S/c13-11-2-1-9(7-10(11)12(14,15)16)21(19,20)17-5-3-8(18)4-6-17/h7H,3-6H2. The molecule has 1 saturated heterocycles. The van der Waals surface area contributed by atoms with Gasteiger partial charge in [0, 0.05) is 25.9 Å². The summed E-state index contributed by atoms with van der Waals surface area (Å²) in [7, 11) is -4.11. The molecule has 2 rings (SSSR count). The minimum atomic E-state index is -4.70. The number of Topliss-reactive ketones (excluding diaryl/α,β-unsaturated/α-hetero) is 1. The number of rotatable bonds is 2. The van der Waals surface area contributed by atoms with Gasteiger partial charge in [-0.3, -0.25) is 4.79 Å². The Kier molecular flexibility index (Phi) is 4.33. The molecule has 0 bridgehead atoms.